The number of rotatable bonds is 6. The van der Waals surface area contributed by atoms with Crippen molar-refractivity contribution in [3.05, 3.63) is 30.1 Å². The van der Waals surface area contributed by atoms with Crippen LogP contribution in [0.5, 0.6) is 0 Å². The molecule has 0 bridgehead atoms. The van der Waals surface area contributed by atoms with Gasteiger partial charge in [0, 0.05) is 38.5 Å². The van der Waals surface area contributed by atoms with Gasteiger partial charge in [-0.05, 0) is 12.1 Å². The second kappa shape index (κ2) is 7.64. The number of carbonyl (C=O) groups is 1. The largest absolute Gasteiger partial charge is 0.383 e. The second-order valence-electron chi connectivity index (χ2n) is 3.25. The number of carbonyl (C=O) groups excluding carboxylic acids is 1. The molecule has 1 aromatic rings. The van der Waals surface area contributed by atoms with E-state index in [0.717, 1.165) is 12.1 Å². The topological polar surface area (TPSA) is 63.2 Å². The number of pyridine rings is 1. The Morgan fingerprint density at radius 1 is 1.38 bits per heavy atom. The van der Waals surface area contributed by atoms with Crippen LogP contribution in [0.15, 0.2) is 24.4 Å². The monoisotopic (exact) mass is 223 g/mol. The first-order valence-electron chi connectivity index (χ1n) is 5.23. The second-order valence-corrected chi connectivity index (χ2v) is 3.25. The molecule has 88 valence electrons. The number of ether oxygens (including phenoxy) is 1. The van der Waals surface area contributed by atoms with Gasteiger partial charge in [-0.3, -0.25) is 4.98 Å². The molecule has 5 heteroatoms. The van der Waals surface area contributed by atoms with Gasteiger partial charge in [-0.2, -0.15) is 0 Å². The normalized spacial score (nSPS) is 9.81. The summed E-state index contributed by atoms with van der Waals surface area (Å²) >= 11 is 0. The number of urea groups is 1. The maximum atomic E-state index is 11.2. The van der Waals surface area contributed by atoms with Crippen LogP contribution in [-0.4, -0.2) is 37.8 Å². The van der Waals surface area contributed by atoms with Crippen LogP contribution >= 0.6 is 0 Å². The van der Waals surface area contributed by atoms with Gasteiger partial charge >= 0.3 is 6.03 Å². The zero-order valence-electron chi connectivity index (χ0n) is 9.40. The third-order valence-corrected chi connectivity index (χ3v) is 1.98. The molecule has 0 atom stereocenters. The Bertz CT molecular complexity index is 303. The SMILES string of the molecule is COCCNC(=O)NCCc1ccccn1. The third kappa shape index (κ3) is 5.31. The zero-order valence-corrected chi connectivity index (χ0v) is 9.40. The molecule has 16 heavy (non-hydrogen) atoms. The molecule has 1 aromatic heterocycles. The molecular weight excluding hydrogens is 206 g/mol. The van der Waals surface area contributed by atoms with Crippen LogP contribution in [0.2, 0.25) is 0 Å². The van der Waals surface area contributed by atoms with Crippen molar-refractivity contribution in [3.63, 3.8) is 0 Å². The molecule has 0 aliphatic heterocycles. The fraction of sp³-hybridized carbons (Fsp3) is 0.455. The molecule has 0 spiro atoms. The van der Waals surface area contributed by atoms with Crippen molar-refractivity contribution in [1.82, 2.24) is 15.6 Å². The van der Waals surface area contributed by atoms with E-state index in [2.05, 4.69) is 15.6 Å². The lowest BCUT2D eigenvalue weighted by Crippen LogP contribution is -2.38. The maximum absolute atomic E-state index is 11.2. The molecule has 1 heterocycles. The summed E-state index contributed by atoms with van der Waals surface area (Å²) in [5, 5.41) is 5.42. The molecule has 0 aromatic carbocycles. The van der Waals surface area contributed by atoms with E-state index in [1.807, 2.05) is 18.2 Å². The average molecular weight is 223 g/mol. The Labute approximate surface area is 95.2 Å². The Morgan fingerprint density at radius 3 is 2.88 bits per heavy atom. The molecule has 0 unspecified atom stereocenters. The third-order valence-electron chi connectivity index (χ3n) is 1.98. The minimum Gasteiger partial charge on any atom is -0.383 e. The molecule has 5 nitrogen and oxygen atoms in total. The lowest BCUT2D eigenvalue weighted by Gasteiger charge is -2.06. The van der Waals surface area contributed by atoms with E-state index < -0.39 is 0 Å². The predicted octanol–water partition coefficient (Wildman–Crippen LogP) is 0.570. The standard InChI is InChI=1S/C11H17N3O2/c1-16-9-8-14-11(15)13-7-5-10-4-2-3-6-12-10/h2-4,6H,5,7-9H2,1H3,(H2,13,14,15). The van der Waals surface area contributed by atoms with Crippen molar-refractivity contribution in [2.75, 3.05) is 26.8 Å². The summed E-state index contributed by atoms with van der Waals surface area (Å²) in [5.74, 6) is 0. The average Bonchev–Trinajstić information content (AvgIpc) is 2.31. The van der Waals surface area contributed by atoms with E-state index >= 15 is 0 Å². The molecule has 0 aliphatic rings. The number of nitrogens with one attached hydrogen (secondary N) is 2. The summed E-state index contributed by atoms with van der Waals surface area (Å²) in [6.07, 6.45) is 2.48. The van der Waals surface area contributed by atoms with Gasteiger partial charge in [-0.1, -0.05) is 6.07 Å². The number of hydrogen-bond acceptors (Lipinski definition) is 3. The maximum Gasteiger partial charge on any atom is 0.314 e. The highest BCUT2D eigenvalue weighted by atomic mass is 16.5. The quantitative estimate of drug-likeness (QED) is 0.693. The summed E-state index contributed by atoms with van der Waals surface area (Å²) < 4.78 is 4.81. The van der Waals surface area contributed by atoms with Crippen molar-refractivity contribution in [2.45, 2.75) is 6.42 Å². The van der Waals surface area contributed by atoms with Gasteiger partial charge in [-0.25, -0.2) is 4.79 Å². The predicted molar refractivity (Wildman–Crippen MR) is 61.2 cm³/mol. The molecule has 0 saturated carbocycles. The van der Waals surface area contributed by atoms with Crippen LogP contribution in [0.4, 0.5) is 4.79 Å². The highest BCUT2D eigenvalue weighted by Crippen LogP contribution is 1.92. The molecule has 1 rings (SSSR count). The Morgan fingerprint density at radius 2 is 2.19 bits per heavy atom. The van der Waals surface area contributed by atoms with Crippen LogP contribution in [0, 0.1) is 0 Å². The van der Waals surface area contributed by atoms with Crippen molar-refractivity contribution in [1.29, 1.82) is 0 Å². The van der Waals surface area contributed by atoms with Gasteiger partial charge in [0.1, 0.15) is 0 Å². The summed E-state index contributed by atoms with van der Waals surface area (Å²) in [6, 6.07) is 5.56. The van der Waals surface area contributed by atoms with Crippen LogP contribution in [0.1, 0.15) is 5.69 Å². The summed E-state index contributed by atoms with van der Waals surface area (Å²) in [6.45, 7) is 1.62. The van der Waals surface area contributed by atoms with E-state index in [1.54, 1.807) is 13.3 Å². The van der Waals surface area contributed by atoms with Crippen molar-refractivity contribution in [2.24, 2.45) is 0 Å². The number of hydrogen-bond donors (Lipinski definition) is 2. The first-order chi connectivity index (χ1) is 7.83. The lowest BCUT2D eigenvalue weighted by molar-refractivity contribution is 0.196. The van der Waals surface area contributed by atoms with E-state index in [1.165, 1.54) is 0 Å². The molecule has 2 amide bonds. The van der Waals surface area contributed by atoms with Gasteiger partial charge in [0.25, 0.3) is 0 Å². The number of methoxy groups -OCH3 is 1. The van der Waals surface area contributed by atoms with Crippen LogP contribution in [0.3, 0.4) is 0 Å². The lowest BCUT2D eigenvalue weighted by atomic mass is 10.3. The van der Waals surface area contributed by atoms with Gasteiger partial charge in [0.2, 0.25) is 0 Å². The van der Waals surface area contributed by atoms with Crippen LogP contribution in [0.25, 0.3) is 0 Å². The Kier molecular flexibility index (Phi) is 5.95. The summed E-state index contributed by atoms with van der Waals surface area (Å²) in [4.78, 5) is 15.4. The number of aromatic nitrogens is 1. The van der Waals surface area contributed by atoms with Crippen molar-refractivity contribution >= 4 is 6.03 Å². The summed E-state index contributed by atoms with van der Waals surface area (Å²) in [7, 11) is 1.60. The van der Waals surface area contributed by atoms with Crippen LogP contribution in [-0.2, 0) is 11.2 Å². The highest BCUT2D eigenvalue weighted by molar-refractivity contribution is 5.73. The molecule has 0 aliphatic carbocycles. The summed E-state index contributed by atoms with van der Waals surface area (Å²) in [5.41, 5.74) is 0.972. The van der Waals surface area contributed by atoms with E-state index in [9.17, 15) is 4.79 Å². The Balaban J connectivity index is 2.09. The smallest absolute Gasteiger partial charge is 0.314 e. The first-order valence-corrected chi connectivity index (χ1v) is 5.23. The first kappa shape index (κ1) is 12.4. The number of nitrogens with zero attached hydrogens (tertiary/aromatic N) is 1. The van der Waals surface area contributed by atoms with Gasteiger partial charge in [0.15, 0.2) is 0 Å². The van der Waals surface area contributed by atoms with Crippen LogP contribution < -0.4 is 10.6 Å². The molecular formula is C11H17N3O2. The van der Waals surface area contributed by atoms with Gasteiger partial charge in [-0.15, -0.1) is 0 Å². The van der Waals surface area contributed by atoms with E-state index in [4.69, 9.17) is 4.74 Å². The van der Waals surface area contributed by atoms with E-state index in [0.29, 0.717) is 19.7 Å². The minimum atomic E-state index is -0.173. The van der Waals surface area contributed by atoms with Gasteiger partial charge in [0.05, 0.1) is 6.61 Å². The fourth-order valence-corrected chi connectivity index (χ4v) is 1.18. The molecule has 0 radical (unpaired) electrons. The fourth-order valence-electron chi connectivity index (χ4n) is 1.18. The molecule has 0 saturated heterocycles. The van der Waals surface area contributed by atoms with Gasteiger partial charge < -0.3 is 15.4 Å². The zero-order chi connectivity index (χ0) is 11.6. The minimum absolute atomic E-state index is 0.173. The Hall–Kier alpha value is -1.62. The van der Waals surface area contributed by atoms with Crippen molar-refractivity contribution in [3.8, 4) is 0 Å². The number of amides is 2. The highest BCUT2D eigenvalue weighted by Gasteiger charge is 1.98. The van der Waals surface area contributed by atoms with E-state index in [-0.39, 0.29) is 6.03 Å². The van der Waals surface area contributed by atoms with Crippen molar-refractivity contribution < 1.29 is 9.53 Å². The molecule has 2 N–H and O–H groups in total. The molecule has 0 fully saturated rings.